The SMILES string of the molecule is CC(C)CCS(=O)(=O)CC(N)CCO. The van der Waals surface area contributed by atoms with Crippen molar-refractivity contribution in [3.8, 4) is 0 Å². The first-order valence-corrected chi connectivity index (χ1v) is 6.76. The summed E-state index contributed by atoms with van der Waals surface area (Å²) in [7, 11) is -3.03. The molecule has 0 heterocycles. The predicted octanol–water partition coefficient (Wildman–Crippen LogP) is 0.157. The van der Waals surface area contributed by atoms with Crippen molar-refractivity contribution in [2.24, 2.45) is 11.7 Å². The first-order chi connectivity index (χ1) is 6.37. The van der Waals surface area contributed by atoms with Gasteiger partial charge in [0.2, 0.25) is 0 Å². The quantitative estimate of drug-likeness (QED) is 0.644. The van der Waals surface area contributed by atoms with E-state index < -0.39 is 15.9 Å². The molecule has 14 heavy (non-hydrogen) atoms. The van der Waals surface area contributed by atoms with E-state index in [1.165, 1.54) is 0 Å². The van der Waals surface area contributed by atoms with Crippen LogP contribution in [0.3, 0.4) is 0 Å². The van der Waals surface area contributed by atoms with Crippen molar-refractivity contribution in [3.63, 3.8) is 0 Å². The third-order valence-electron chi connectivity index (χ3n) is 1.97. The summed E-state index contributed by atoms with van der Waals surface area (Å²) in [5, 5.41) is 8.58. The molecular weight excluding hydrogens is 202 g/mol. The lowest BCUT2D eigenvalue weighted by atomic mass is 10.2. The second-order valence-corrected chi connectivity index (χ2v) is 6.30. The highest BCUT2D eigenvalue weighted by atomic mass is 32.2. The molecule has 0 bridgehead atoms. The zero-order valence-corrected chi connectivity index (χ0v) is 9.76. The molecule has 0 aliphatic carbocycles. The molecule has 0 rings (SSSR count). The van der Waals surface area contributed by atoms with Crippen LogP contribution in [-0.4, -0.2) is 37.7 Å². The van der Waals surface area contributed by atoms with Gasteiger partial charge in [0.05, 0.1) is 11.5 Å². The van der Waals surface area contributed by atoms with Crippen molar-refractivity contribution in [2.75, 3.05) is 18.1 Å². The van der Waals surface area contributed by atoms with E-state index in [0.29, 0.717) is 18.8 Å². The summed E-state index contributed by atoms with van der Waals surface area (Å²) in [6, 6.07) is -0.433. The first-order valence-electron chi connectivity index (χ1n) is 4.94. The maximum absolute atomic E-state index is 11.5. The largest absolute Gasteiger partial charge is 0.396 e. The van der Waals surface area contributed by atoms with Gasteiger partial charge in [-0.15, -0.1) is 0 Å². The maximum atomic E-state index is 11.5. The molecule has 0 saturated heterocycles. The lowest BCUT2D eigenvalue weighted by molar-refractivity contribution is 0.279. The van der Waals surface area contributed by atoms with Crippen LogP contribution in [0.1, 0.15) is 26.7 Å². The van der Waals surface area contributed by atoms with Gasteiger partial charge in [-0.3, -0.25) is 0 Å². The van der Waals surface area contributed by atoms with Crippen LogP contribution in [-0.2, 0) is 9.84 Å². The van der Waals surface area contributed by atoms with E-state index in [4.69, 9.17) is 10.8 Å². The Labute approximate surface area is 86.4 Å². The molecule has 0 radical (unpaired) electrons. The Kier molecular flexibility index (Phi) is 6.31. The first kappa shape index (κ1) is 13.9. The van der Waals surface area contributed by atoms with Crippen LogP contribution < -0.4 is 5.73 Å². The van der Waals surface area contributed by atoms with Crippen LogP contribution in [0.2, 0.25) is 0 Å². The number of aliphatic hydroxyl groups is 1. The predicted molar refractivity (Wildman–Crippen MR) is 57.8 cm³/mol. The van der Waals surface area contributed by atoms with Crippen LogP contribution in [0.4, 0.5) is 0 Å². The summed E-state index contributed by atoms with van der Waals surface area (Å²) in [6.45, 7) is 3.92. The zero-order chi connectivity index (χ0) is 11.2. The minimum absolute atomic E-state index is 0.0136. The van der Waals surface area contributed by atoms with Gasteiger partial charge in [-0.2, -0.15) is 0 Å². The molecule has 0 aliphatic heterocycles. The maximum Gasteiger partial charge on any atom is 0.151 e. The Morgan fingerprint density at radius 1 is 1.29 bits per heavy atom. The van der Waals surface area contributed by atoms with Crippen LogP contribution in [0, 0.1) is 5.92 Å². The zero-order valence-electron chi connectivity index (χ0n) is 8.94. The second-order valence-electron chi connectivity index (χ2n) is 4.07. The molecule has 0 aliphatic rings. The molecule has 0 saturated carbocycles. The number of sulfone groups is 1. The van der Waals surface area contributed by atoms with Crippen molar-refractivity contribution in [3.05, 3.63) is 0 Å². The standard InChI is InChI=1S/C9H21NO3S/c1-8(2)4-6-14(12,13)7-9(10)3-5-11/h8-9,11H,3-7,10H2,1-2H3. The average molecular weight is 223 g/mol. The Balaban J connectivity index is 3.95. The normalized spacial score (nSPS) is 14.6. The highest BCUT2D eigenvalue weighted by molar-refractivity contribution is 7.91. The Morgan fingerprint density at radius 3 is 2.29 bits per heavy atom. The van der Waals surface area contributed by atoms with Crippen LogP contribution >= 0.6 is 0 Å². The summed E-state index contributed by atoms with van der Waals surface area (Å²) in [4.78, 5) is 0. The van der Waals surface area contributed by atoms with Gasteiger partial charge in [-0.25, -0.2) is 8.42 Å². The number of nitrogens with two attached hydrogens (primary N) is 1. The molecule has 86 valence electrons. The minimum Gasteiger partial charge on any atom is -0.396 e. The van der Waals surface area contributed by atoms with Crippen molar-refractivity contribution in [2.45, 2.75) is 32.7 Å². The van der Waals surface area contributed by atoms with Crippen molar-refractivity contribution in [1.82, 2.24) is 0 Å². The Hall–Kier alpha value is -0.130. The van der Waals surface area contributed by atoms with E-state index in [2.05, 4.69) is 0 Å². The van der Waals surface area contributed by atoms with Gasteiger partial charge in [0, 0.05) is 12.6 Å². The van der Waals surface area contributed by atoms with Gasteiger partial charge in [0.25, 0.3) is 0 Å². The molecule has 5 heteroatoms. The highest BCUT2D eigenvalue weighted by Gasteiger charge is 2.16. The van der Waals surface area contributed by atoms with Gasteiger partial charge in [-0.05, 0) is 18.8 Å². The number of rotatable bonds is 7. The molecule has 0 aromatic carbocycles. The third kappa shape index (κ3) is 7.29. The van der Waals surface area contributed by atoms with E-state index in [-0.39, 0.29) is 18.1 Å². The molecular formula is C9H21NO3S. The van der Waals surface area contributed by atoms with Gasteiger partial charge in [0.15, 0.2) is 9.84 Å². The average Bonchev–Trinajstić information content (AvgIpc) is 2.00. The summed E-state index contributed by atoms with van der Waals surface area (Å²) >= 11 is 0. The molecule has 0 fully saturated rings. The van der Waals surface area contributed by atoms with E-state index >= 15 is 0 Å². The molecule has 0 aromatic heterocycles. The topological polar surface area (TPSA) is 80.4 Å². The van der Waals surface area contributed by atoms with Crippen molar-refractivity contribution >= 4 is 9.84 Å². The smallest absolute Gasteiger partial charge is 0.151 e. The summed E-state index contributed by atoms with van der Waals surface area (Å²) < 4.78 is 22.9. The van der Waals surface area contributed by atoms with E-state index in [9.17, 15) is 8.42 Å². The lowest BCUT2D eigenvalue weighted by Gasteiger charge is -2.11. The Bertz CT molecular complexity index is 236. The second kappa shape index (κ2) is 6.37. The summed E-state index contributed by atoms with van der Waals surface area (Å²) in [5.41, 5.74) is 5.54. The van der Waals surface area contributed by atoms with Gasteiger partial charge in [-0.1, -0.05) is 13.8 Å². The van der Waals surface area contributed by atoms with Crippen molar-refractivity contribution in [1.29, 1.82) is 0 Å². The molecule has 0 amide bonds. The van der Waals surface area contributed by atoms with Crippen LogP contribution in [0.25, 0.3) is 0 Å². The molecule has 1 atom stereocenters. The van der Waals surface area contributed by atoms with Crippen molar-refractivity contribution < 1.29 is 13.5 Å². The number of hydrogen-bond donors (Lipinski definition) is 2. The monoisotopic (exact) mass is 223 g/mol. The number of hydrogen-bond acceptors (Lipinski definition) is 4. The fourth-order valence-electron chi connectivity index (χ4n) is 1.07. The van der Waals surface area contributed by atoms with Gasteiger partial charge < -0.3 is 10.8 Å². The molecule has 0 aromatic rings. The fraction of sp³-hybridized carbons (Fsp3) is 1.00. The molecule has 3 N–H and O–H groups in total. The third-order valence-corrected chi connectivity index (χ3v) is 3.77. The number of aliphatic hydroxyl groups excluding tert-OH is 1. The van der Waals surface area contributed by atoms with Gasteiger partial charge >= 0.3 is 0 Å². The fourth-order valence-corrected chi connectivity index (χ4v) is 2.89. The van der Waals surface area contributed by atoms with Crippen LogP contribution in [0.5, 0.6) is 0 Å². The molecule has 4 nitrogen and oxygen atoms in total. The Morgan fingerprint density at radius 2 is 1.86 bits per heavy atom. The lowest BCUT2D eigenvalue weighted by Crippen LogP contribution is -2.31. The van der Waals surface area contributed by atoms with Gasteiger partial charge in [0.1, 0.15) is 0 Å². The summed E-state index contributed by atoms with van der Waals surface area (Å²) in [5.74, 6) is 0.572. The van der Waals surface area contributed by atoms with E-state index in [1.807, 2.05) is 13.8 Å². The van der Waals surface area contributed by atoms with E-state index in [1.54, 1.807) is 0 Å². The molecule has 1 unspecified atom stereocenters. The van der Waals surface area contributed by atoms with Crippen LogP contribution in [0.15, 0.2) is 0 Å². The minimum atomic E-state index is -3.03. The highest BCUT2D eigenvalue weighted by Crippen LogP contribution is 2.05. The van der Waals surface area contributed by atoms with E-state index in [0.717, 1.165) is 0 Å². The summed E-state index contributed by atoms with van der Waals surface area (Å²) in [6.07, 6.45) is 1.02. The molecule has 0 spiro atoms.